The number of carbonyl (C=O) groups is 4. The van der Waals surface area contributed by atoms with Gasteiger partial charge in [0.2, 0.25) is 0 Å². The van der Waals surface area contributed by atoms with E-state index in [-0.39, 0.29) is 19.3 Å². The highest BCUT2D eigenvalue weighted by atomic mass is 32.3. The Morgan fingerprint density at radius 2 is 1.18 bits per heavy atom. The van der Waals surface area contributed by atoms with E-state index < -0.39 is 54.5 Å². The van der Waals surface area contributed by atoms with E-state index in [0.717, 1.165) is 0 Å². The first-order chi connectivity index (χ1) is 12.8. The molecule has 1 fully saturated rings. The number of carbonyl (C=O) groups excluding carboxylic acids is 4. The van der Waals surface area contributed by atoms with Crippen LogP contribution in [-0.4, -0.2) is 53.8 Å². The van der Waals surface area contributed by atoms with Gasteiger partial charge in [0.15, 0.2) is 0 Å². The van der Waals surface area contributed by atoms with Crippen molar-refractivity contribution < 1.29 is 54.8 Å². The van der Waals surface area contributed by atoms with Crippen molar-refractivity contribution in [1.82, 2.24) is 11.0 Å². The van der Waals surface area contributed by atoms with Gasteiger partial charge in [-0.15, -0.1) is 0 Å². The molecule has 4 N–H and O–H groups in total. The van der Waals surface area contributed by atoms with Gasteiger partial charge in [-0.05, 0) is 12.8 Å². The van der Waals surface area contributed by atoms with Gasteiger partial charge in [0.1, 0.15) is 0 Å². The normalized spacial score (nSPS) is 21.1. The number of hydroxylamine groups is 2. The molecular weight excluding hydrogens is 428 g/mol. The van der Waals surface area contributed by atoms with Crippen molar-refractivity contribution in [2.24, 2.45) is 0 Å². The van der Waals surface area contributed by atoms with Gasteiger partial charge in [-0.25, -0.2) is 9.59 Å². The number of amides is 2. The summed E-state index contributed by atoms with van der Waals surface area (Å²) in [5.74, 6) is -5.94. The van der Waals surface area contributed by atoms with Gasteiger partial charge in [-0.3, -0.25) is 18.7 Å². The van der Waals surface area contributed by atoms with Gasteiger partial charge in [0.25, 0.3) is 32.1 Å². The van der Waals surface area contributed by atoms with Crippen LogP contribution in [0.15, 0.2) is 0 Å². The molecule has 1 rings (SSSR count). The summed E-state index contributed by atoms with van der Waals surface area (Å²) in [6.07, 6.45) is -0.729. The fourth-order valence-corrected chi connectivity index (χ4v) is 4.41. The number of hydrogen-bond acceptors (Lipinski definition) is 10. The first-order valence-electron chi connectivity index (χ1n) is 7.74. The van der Waals surface area contributed by atoms with Crippen LogP contribution in [-0.2, 0) is 49.1 Å². The van der Waals surface area contributed by atoms with Crippen LogP contribution in [0.3, 0.4) is 0 Å². The Morgan fingerprint density at radius 3 is 1.61 bits per heavy atom. The summed E-state index contributed by atoms with van der Waals surface area (Å²) in [5, 5.41) is 0. The summed E-state index contributed by atoms with van der Waals surface area (Å²) in [4.78, 5) is 55.5. The van der Waals surface area contributed by atoms with E-state index in [4.69, 9.17) is 0 Å². The first-order valence-corrected chi connectivity index (χ1v) is 10.6. The number of nitrogens with one attached hydrogen (secondary N) is 2. The lowest BCUT2D eigenvalue weighted by Gasteiger charge is -2.24. The van der Waals surface area contributed by atoms with Crippen molar-refractivity contribution in [1.29, 1.82) is 0 Å². The maximum absolute atomic E-state index is 12.1. The minimum absolute atomic E-state index is 0.160. The Kier molecular flexibility index (Phi) is 7.85. The van der Waals surface area contributed by atoms with Gasteiger partial charge in [-0.1, -0.05) is 12.8 Å². The molecule has 1 aliphatic rings. The van der Waals surface area contributed by atoms with Gasteiger partial charge in [0.05, 0.1) is 6.42 Å². The lowest BCUT2D eigenvalue weighted by molar-refractivity contribution is -0.160. The van der Waals surface area contributed by atoms with Crippen molar-refractivity contribution in [2.75, 3.05) is 0 Å². The first kappa shape index (κ1) is 23.7. The molecule has 0 atom stereocenters. The van der Waals surface area contributed by atoms with E-state index in [1.165, 1.54) is 11.0 Å². The Labute approximate surface area is 159 Å². The average molecular weight is 446 g/mol. The molecule has 1 saturated heterocycles. The maximum atomic E-state index is 12.1. The Morgan fingerprint density at radius 1 is 0.750 bits per heavy atom. The summed E-state index contributed by atoms with van der Waals surface area (Å²) < 4.78 is 60.8. The Bertz CT molecular complexity index is 816. The van der Waals surface area contributed by atoms with E-state index in [2.05, 4.69) is 9.68 Å². The van der Waals surface area contributed by atoms with Crippen molar-refractivity contribution in [3.8, 4) is 0 Å². The van der Waals surface area contributed by atoms with Crippen LogP contribution in [0.5, 0.6) is 0 Å². The van der Waals surface area contributed by atoms with Crippen molar-refractivity contribution in [3.05, 3.63) is 0 Å². The zero-order chi connectivity index (χ0) is 21.6. The Balaban J connectivity index is 3.29. The Hall–Kier alpha value is -2.30. The molecule has 14 nitrogen and oxygen atoms in total. The molecule has 0 aromatic heterocycles. The zero-order valence-electron chi connectivity index (χ0n) is 14.2. The van der Waals surface area contributed by atoms with Crippen LogP contribution >= 0.6 is 0 Å². The molecule has 0 bridgehead atoms. The second-order valence-electron chi connectivity index (χ2n) is 5.70. The van der Waals surface area contributed by atoms with E-state index in [9.17, 15) is 45.1 Å². The smallest absolute Gasteiger partial charge is 0.332 e. The van der Waals surface area contributed by atoms with Gasteiger partial charge in [0, 0.05) is 12.8 Å². The van der Waals surface area contributed by atoms with Crippen molar-refractivity contribution >= 4 is 44.0 Å². The predicted molar refractivity (Wildman–Crippen MR) is 86.6 cm³/mol. The topological polar surface area (TPSA) is 220 Å². The average Bonchev–Trinajstić information content (AvgIpc) is 2.55. The standard InChI is InChI=1S/C12H18N2O12S2/c15-8-7-12(27(19,20)21,28(22,23)24)11(18)14-26-10(17)6-4-2-1-3-5-9(16)25-13-8/h1-7H2,(H,13,15)(H,14,18)(H,19,20,21)(H,22,23,24). The lowest BCUT2D eigenvalue weighted by Crippen LogP contribution is -2.59. The number of rotatable bonds is 2. The largest absolute Gasteiger partial charge is 0.341 e. The molecule has 1 heterocycles. The third-order valence-corrected chi connectivity index (χ3v) is 7.21. The SMILES string of the molecule is O=C1CC(S(=O)(=O)O)(S(=O)(=O)O)C(=O)NOC(=O)CCCCCCC(=O)ON1. The fourth-order valence-electron chi connectivity index (χ4n) is 2.17. The third kappa shape index (κ3) is 5.85. The molecule has 28 heavy (non-hydrogen) atoms. The molecule has 0 aromatic carbocycles. The summed E-state index contributed by atoms with van der Waals surface area (Å²) in [6.45, 7) is 0. The van der Waals surface area contributed by atoms with Crippen LogP contribution in [0, 0.1) is 0 Å². The molecule has 1 aliphatic heterocycles. The molecule has 0 saturated carbocycles. The summed E-state index contributed by atoms with van der Waals surface area (Å²) in [5.41, 5.74) is 2.61. The monoisotopic (exact) mass is 446 g/mol. The molecule has 16 heteroatoms. The molecule has 0 spiro atoms. The van der Waals surface area contributed by atoms with Crippen LogP contribution in [0.2, 0.25) is 0 Å². The molecular formula is C12H18N2O12S2. The fraction of sp³-hybridized carbons (Fsp3) is 0.667. The molecule has 2 amide bonds. The lowest BCUT2D eigenvalue weighted by atomic mass is 10.1. The molecule has 0 aromatic rings. The maximum Gasteiger partial charge on any atom is 0.332 e. The van der Waals surface area contributed by atoms with Crippen molar-refractivity contribution in [3.63, 3.8) is 0 Å². The predicted octanol–water partition coefficient (Wildman–Crippen LogP) is -1.65. The van der Waals surface area contributed by atoms with Gasteiger partial charge < -0.3 is 9.68 Å². The second-order valence-corrected chi connectivity index (χ2v) is 9.25. The molecule has 0 unspecified atom stereocenters. The molecule has 160 valence electrons. The minimum Gasteiger partial charge on any atom is -0.341 e. The highest BCUT2D eigenvalue weighted by Crippen LogP contribution is 2.28. The zero-order valence-corrected chi connectivity index (χ0v) is 15.9. The van der Waals surface area contributed by atoms with Gasteiger partial charge in [-0.2, -0.15) is 27.8 Å². The van der Waals surface area contributed by atoms with Crippen LogP contribution in [0.1, 0.15) is 44.9 Å². The van der Waals surface area contributed by atoms with Gasteiger partial charge >= 0.3 is 16.0 Å². The second kappa shape index (κ2) is 9.26. The third-order valence-electron chi connectivity index (χ3n) is 3.62. The van der Waals surface area contributed by atoms with E-state index >= 15 is 0 Å². The molecule has 0 aliphatic carbocycles. The quantitative estimate of drug-likeness (QED) is 0.350. The summed E-state index contributed by atoms with van der Waals surface area (Å²) in [7, 11) is -12.0. The van der Waals surface area contributed by atoms with E-state index in [1.54, 1.807) is 0 Å². The van der Waals surface area contributed by atoms with E-state index in [0.29, 0.717) is 19.3 Å². The number of hydrogen-bond donors (Lipinski definition) is 4. The van der Waals surface area contributed by atoms with Crippen molar-refractivity contribution in [2.45, 2.75) is 49.0 Å². The van der Waals surface area contributed by atoms with Crippen LogP contribution < -0.4 is 11.0 Å². The highest BCUT2D eigenvalue weighted by molar-refractivity contribution is 8.06. The minimum atomic E-state index is -6.02. The highest BCUT2D eigenvalue weighted by Gasteiger charge is 2.63. The molecule has 0 radical (unpaired) electrons. The van der Waals surface area contributed by atoms with E-state index in [1.807, 2.05) is 0 Å². The summed E-state index contributed by atoms with van der Waals surface area (Å²) >= 11 is 0. The van der Waals surface area contributed by atoms with Crippen LogP contribution in [0.4, 0.5) is 0 Å². The summed E-state index contributed by atoms with van der Waals surface area (Å²) in [6, 6.07) is 0. The van der Waals surface area contributed by atoms with Crippen LogP contribution in [0.25, 0.3) is 0 Å².